The van der Waals surface area contributed by atoms with Crippen LogP contribution in [0.1, 0.15) is 13.3 Å². The van der Waals surface area contributed by atoms with E-state index in [1.54, 1.807) is 18.2 Å². The molecule has 1 aromatic carbocycles. The highest BCUT2D eigenvalue weighted by Gasteiger charge is 2.16. The van der Waals surface area contributed by atoms with Crippen molar-refractivity contribution in [2.45, 2.75) is 13.3 Å². The number of hydrogen-bond donors (Lipinski definition) is 3. The summed E-state index contributed by atoms with van der Waals surface area (Å²) in [4.78, 5) is 0. The molecule has 0 aliphatic heterocycles. The Hall–Kier alpha value is -1.20. The van der Waals surface area contributed by atoms with Crippen LogP contribution in [0.5, 0.6) is 5.75 Å². The third-order valence-corrected chi connectivity index (χ3v) is 1.78. The molecule has 0 unspecified atom stereocenters. The molecule has 0 saturated carbocycles. The van der Waals surface area contributed by atoms with Gasteiger partial charge >= 0.3 is 7.12 Å². The first kappa shape index (κ1) is 10.9. The monoisotopic (exact) mass is 195 g/mol. The predicted molar refractivity (Wildman–Crippen MR) is 56.5 cm³/mol. The fourth-order valence-corrected chi connectivity index (χ4v) is 1.10. The highest BCUT2D eigenvalue weighted by atomic mass is 16.5. The molecule has 76 valence electrons. The van der Waals surface area contributed by atoms with Crippen molar-refractivity contribution in [3.63, 3.8) is 0 Å². The number of nitrogens with two attached hydrogens (primary N) is 1. The van der Waals surface area contributed by atoms with Crippen molar-refractivity contribution < 1.29 is 14.8 Å². The molecule has 0 atom stereocenters. The Labute approximate surface area is 83.5 Å². The molecule has 0 heterocycles. The lowest BCUT2D eigenvalue weighted by atomic mass is 9.79. The van der Waals surface area contributed by atoms with Gasteiger partial charge in [-0.3, -0.25) is 0 Å². The minimum absolute atomic E-state index is 0.340. The number of nitrogen functional groups attached to an aromatic ring is 1. The molecular weight excluding hydrogens is 181 g/mol. The van der Waals surface area contributed by atoms with Gasteiger partial charge in [-0.15, -0.1) is 0 Å². The topological polar surface area (TPSA) is 75.7 Å². The quantitative estimate of drug-likeness (QED) is 0.456. The zero-order valence-corrected chi connectivity index (χ0v) is 8.10. The minimum atomic E-state index is -1.53. The van der Waals surface area contributed by atoms with Gasteiger partial charge in [0.2, 0.25) is 0 Å². The summed E-state index contributed by atoms with van der Waals surface area (Å²) in [5.74, 6) is 0.432. The molecule has 14 heavy (non-hydrogen) atoms. The highest BCUT2D eigenvalue weighted by molar-refractivity contribution is 6.59. The van der Waals surface area contributed by atoms with Crippen LogP contribution in [0, 0.1) is 0 Å². The summed E-state index contributed by atoms with van der Waals surface area (Å²) < 4.78 is 5.33. The summed E-state index contributed by atoms with van der Waals surface area (Å²) in [5.41, 5.74) is 6.44. The van der Waals surface area contributed by atoms with Gasteiger partial charge in [-0.05, 0) is 12.5 Å². The van der Waals surface area contributed by atoms with E-state index in [1.165, 1.54) is 0 Å². The van der Waals surface area contributed by atoms with Crippen LogP contribution in [-0.2, 0) is 0 Å². The average molecular weight is 195 g/mol. The van der Waals surface area contributed by atoms with Gasteiger partial charge in [0.15, 0.2) is 0 Å². The molecule has 0 aliphatic carbocycles. The second-order valence-electron chi connectivity index (χ2n) is 3.02. The Bertz CT molecular complexity index is 304. The zero-order chi connectivity index (χ0) is 10.6. The van der Waals surface area contributed by atoms with E-state index in [4.69, 9.17) is 20.5 Å². The molecule has 5 heteroatoms. The Balaban J connectivity index is 2.91. The SMILES string of the molecule is CCCOc1cc(N)ccc1B(O)O. The summed E-state index contributed by atoms with van der Waals surface area (Å²) >= 11 is 0. The third-order valence-electron chi connectivity index (χ3n) is 1.78. The Kier molecular flexibility index (Phi) is 3.79. The summed E-state index contributed by atoms with van der Waals surface area (Å²) in [6.45, 7) is 2.50. The van der Waals surface area contributed by atoms with Gasteiger partial charge in [-0.1, -0.05) is 13.0 Å². The molecule has 0 amide bonds. The minimum Gasteiger partial charge on any atom is -0.494 e. The van der Waals surface area contributed by atoms with Crippen LogP contribution in [0.15, 0.2) is 18.2 Å². The van der Waals surface area contributed by atoms with Crippen LogP contribution < -0.4 is 15.9 Å². The van der Waals surface area contributed by atoms with E-state index >= 15 is 0 Å². The Morgan fingerprint density at radius 2 is 2.14 bits per heavy atom. The molecule has 0 aromatic heterocycles. The molecule has 0 aliphatic rings. The number of ether oxygens (including phenoxy) is 1. The lowest BCUT2D eigenvalue weighted by molar-refractivity contribution is 0.318. The van der Waals surface area contributed by atoms with Crippen molar-refractivity contribution in [2.24, 2.45) is 0 Å². The standard InChI is InChI=1S/C9H14BNO3/c1-2-5-14-9-6-7(11)3-4-8(9)10(12)13/h3-4,6,12-13H,2,5,11H2,1H3. The largest absolute Gasteiger partial charge is 0.494 e. The van der Waals surface area contributed by atoms with E-state index in [0.717, 1.165) is 6.42 Å². The molecular formula is C9H14BNO3. The van der Waals surface area contributed by atoms with Crippen molar-refractivity contribution in [1.82, 2.24) is 0 Å². The van der Waals surface area contributed by atoms with Crippen molar-refractivity contribution in [3.05, 3.63) is 18.2 Å². The number of hydrogen-bond acceptors (Lipinski definition) is 4. The lowest BCUT2D eigenvalue weighted by Gasteiger charge is -2.10. The third kappa shape index (κ3) is 2.65. The van der Waals surface area contributed by atoms with Crippen molar-refractivity contribution in [3.8, 4) is 5.75 Å². The van der Waals surface area contributed by atoms with Gasteiger partial charge in [-0.25, -0.2) is 0 Å². The summed E-state index contributed by atoms with van der Waals surface area (Å²) in [6, 6.07) is 4.74. The van der Waals surface area contributed by atoms with Gasteiger partial charge in [0, 0.05) is 17.2 Å². The fraction of sp³-hybridized carbons (Fsp3) is 0.333. The molecule has 0 radical (unpaired) electrons. The summed E-state index contributed by atoms with van der Waals surface area (Å²) in [7, 11) is -1.53. The first-order valence-corrected chi connectivity index (χ1v) is 4.53. The fourth-order valence-electron chi connectivity index (χ4n) is 1.10. The molecule has 0 fully saturated rings. The van der Waals surface area contributed by atoms with E-state index in [1.807, 2.05) is 6.92 Å². The summed E-state index contributed by atoms with van der Waals surface area (Å²) in [6.07, 6.45) is 0.857. The Morgan fingerprint density at radius 3 is 2.71 bits per heavy atom. The maximum Gasteiger partial charge on any atom is 0.492 e. The van der Waals surface area contributed by atoms with Crippen molar-refractivity contribution >= 4 is 18.3 Å². The molecule has 1 aromatic rings. The molecule has 4 N–H and O–H groups in total. The second kappa shape index (κ2) is 4.88. The number of anilines is 1. The first-order valence-electron chi connectivity index (χ1n) is 4.53. The van der Waals surface area contributed by atoms with Crippen molar-refractivity contribution in [1.29, 1.82) is 0 Å². The summed E-state index contributed by atoms with van der Waals surface area (Å²) in [5, 5.41) is 18.1. The van der Waals surface area contributed by atoms with Gasteiger partial charge in [0.25, 0.3) is 0 Å². The molecule has 1 rings (SSSR count). The average Bonchev–Trinajstić information content (AvgIpc) is 2.14. The normalized spacial score (nSPS) is 9.93. The van der Waals surface area contributed by atoms with E-state index in [-0.39, 0.29) is 0 Å². The highest BCUT2D eigenvalue weighted by Crippen LogP contribution is 2.13. The van der Waals surface area contributed by atoms with Crippen LogP contribution >= 0.6 is 0 Å². The van der Waals surface area contributed by atoms with Crippen LogP contribution in [0.2, 0.25) is 0 Å². The number of benzene rings is 1. The molecule has 0 spiro atoms. The van der Waals surface area contributed by atoms with Crippen molar-refractivity contribution in [2.75, 3.05) is 12.3 Å². The van der Waals surface area contributed by atoms with Crippen LogP contribution in [0.3, 0.4) is 0 Å². The van der Waals surface area contributed by atoms with Crippen LogP contribution in [-0.4, -0.2) is 23.8 Å². The molecule has 0 bridgehead atoms. The first-order chi connectivity index (χ1) is 6.65. The van der Waals surface area contributed by atoms with E-state index in [2.05, 4.69) is 0 Å². The molecule has 0 saturated heterocycles. The van der Waals surface area contributed by atoms with Gasteiger partial charge in [0.1, 0.15) is 5.75 Å². The maximum absolute atomic E-state index is 9.03. The second-order valence-corrected chi connectivity index (χ2v) is 3.02. The Morgan fingerprint density at radius 1 is 1.43 bits per heavy atom. The predicted octanol–water partition coefficient (Wildman–Crippen LogP) is -0.263. The zero-order valence-electron chi connectivity index (χ0n) is 8.10. The van der Waals surface area contributed by atoms with Gasteiger partial charge in [0.05, 0.1) is 6.61 Å². The number of rotatable bonds is 4. The smallest absolute Gasteiger partial charge is 0.492 e. The van der Waals surface area contributed by atoms with E-state index in [0.29, 0.717) is 23.5 Å². The van der Waals surface area contributed by atoms with Crippen LogP contribution in [0.25, 0.3) is 0 Å². The van der Waals surface area contributed by atoms with E-state index < -0.39 is 7.12 Å². The van der Waals surface area contributed by atoms with E-state index in [9.17, 15) is 0 Å². The van der Waals surface area contributed by atoms with Crippen LogP contribution in [0.4, 0.5) is 5.69 Å². The lowest BCUT2D eigenvalue weighted by Crippen LogP contribution is -2.31. The van der Waals surface area contributed by atoms with Gasteiger partial charge in [-0.2, -0.15) is 0 Å². The maximum atomic E-state index is 9.03. The van der Waals surface area contributed by atoms with Gasteiger partial charge < -0.3 is 20.5 Å². The molecule has 4 nitrogen and oxygen atoms in total.